The van der Waals surface area contributed by atoms with Gasteiger partial charge in [0.25, 0.3) is 0 Å². The van der Waals surface area contributed by atoms with Crippen LogP contribution in [-0.2, 0) is 6.54 Å². The predicted octanol–water partition coefficient (Wildman–Crippen LogP) is 2.35. The Labute approximate surface area is 143 Å². The third-order valence-electron chi connectivity index (χ3n) is 4.93. The number of hydrogen-bond acceptors (Lipinski definition) is 5. The molecule has 7 heteroatoms. The van der Waals surface area contributed by atoms with E-state index in [1.807, 2.05) is 18.7 Å². The van der Waals surface area contributed by atoms with Crippen LogP contribution in [0.1, 0.15) is 63.7 Å². The highest BCUT2D eigenvalue weighted by atomic mass is 16.4. The highest BCUT2D eigenvalue weighted by molar-refractivity contribution is 5.74. The molecule has 0 radical (unpaired) electrons. The number of piperazine rings is 1. The number of amides is 2. The molecule has 134 valence electrons. The van der Waals surface area contributed by atoms with Crippen LogP contribution in [0.2, 0.25) is 0 Å². The van der Waals surface area contributed by atoms with Crippen molar-refractivity contribution in [1.29, 1.82) is 0 Å². The monoisotopic (exact) mass is 335 g/mol. The van der Waals surface area contributed by atoms with Gasteiger partial charge in [-0.3, -0.25) is 4.90 Å². The molecular formula is C17H29N5O2. The van der Waals surface area contributed by atoms with Crippen molar-refractivity contribution in [3.63, 3.8) is 0 Å². The zero-order valence-electron chi connectivity index (χ0n) is 14.8. The fourth-order valence-corrected chi connectivity index (χ4v) is 3.38. The molecular weight excluding hydrogens is 306 g/mol. The lowest BCUT2D eigenvalue weighted by molar-refractivity contribution is 0.125. The summed E-state index contributed by atoms with van der Waals surface area (Å²) in [5.74, 6) is 1.61. The summed E-state index contributed by atoms with van der Waals surface area (Å²) in [6, 6.07) is 0.471. The molecule has 0 bridgehead atoms. The van der Waals surface area contributed by atoms with Crippen molar-refractivity contribution in [2.45, 2.75) is 64.5 Å². The number of carbonyl (C=O) groups is 1. The van der Waals surface area contributed by atoms with E-state index in [1.165, 1.54) is 19.3 Å². The number of carbonyl (C=O) groups excluding carboxylic acids is 1. The zero-order valence-corrected chi connectivity index (χ0v) is 14.8. The average Bonchev–Trinajstić information content (AvgIpc) is 3.05. The SMILES string of the molecule is CC(C)c1nnc(CN2CCN(C(=O)NC3CCCCC3)CC2)o1. The van der Waals surface area contributed by atoms with E-state index >= 15 is 0 Å². The van der Waals surface area contributed by atoms with Gasteiger partial charge in [-0.15, -0.1) is 10.2 Å². The van der Waals surface area contributed by atoms with Gasteiger partial charge in [0.1, 0.15) is 0 Å². The van der Waals surface area contributed by atoms with Crippen LogP contribution in [0.4, 0.5) is 4.79 Å². The minimum absolute atomic E-state index is 0.0986. The Bertz CT molecular complexity index is 531. The van der Waals surface area contributed by atoms with Gasteiger partial charge in [0.05, 0.1) is 6.54 Å². The molecule has 1 saturated carbocycles. The summed E-state index contributed by atoms with van der Waals surface area (Å²) in [6.07, 6.45) is 6.03. The first kappa shape index (κ1) is 17.2. The maximum absolute atomic E-state index is 12.4. The Hall–Kier alpha value is -1.63. The lowest BCUT2D eigenvalue weighted by Gasteiger charge is -2.35. The van der Waals surface area contributed by atoms with Gasteiger partial charge in [0, 0.05) is 38.1 Å². The van der Waals surface area contributed by atoms with E-state index < -0.39 is 0 Å². The van der Waals surface area contributed by atoms with Crippen LogP contribution in [0, 0.1) is 0 Å². The van der Waals surface area contributed by atoms with E-state index in [2.05, 4.69) is 20.4 Å². The molecule has 2 fully saturated rings. The number of urea groups is 1. The third-order valence-corrected chi connectivity index (χ3v) is 4.93. The minimum Gasteiger partial charge on any atom is -0.424 e. The Kier molecular flexibility index (Phi) is 5.71. The van der Waals surface area contributed by atoms with Gasteiger partial charge in [-0.1, -0.05) is 33.1 Å². The van der Waals surface area contributed by atoms with Crippen LogP contribution in [0.5, 0.6) is 0 Å². The van der Waals surface area contributed by atoms with Crippen molar-refractivity contribution < 1.29 is 9.21 Å². The van der Waals surface area contributed by atoms with Gasteiger partial charge >= 0.3 is 6.03 Å². The van der Waals surface area contributed by atoms with Crippen LogP contribution in [-0.4, -0.2) is 58.2 Å². The number of rotatable bonds is 4. The molecule has 2 heterocycles. The van der Waals surface area contributed by atoms with Gasteiger partial charge in [0.15, 0.2) is 0 Å². The summed E-state index contributed by atoms with van der Waals surface area (Å²) >= 11 is 0. The van der Waals surface area contributed by atoms with Gasteiger partial charge in [-0.05, 0) is 12.8 Å². The van der Waals surface area contributed by atoms with Crippen LogP contribution >= 0.6 is 0 Å². The maximum atomic E-state index is 12.4. The van der Waals surface area contributed by atoms with Crippen LogP contribution < -0.4 is 5.32 Å². The molecule has 1 aromatic rings. The second-order valence-electron chi connectivity index (χ2n) is 7.24. The fourth-order valence-electron chi connectivity index (χ4n) is 3.38. The summed E-state index contributed by atoms with van der Waals surface area (Å²) < 4.78 is 5.67. The topological polar surface area (TPSA) is 74.5 Å². The molecule has 1 aliphatic heterocycles. The minimum atomic E-state index is 0.0986. The second-order valence-corrected chi connectivity index (χ2v) is 7.24. The quantitative estimate of drug-likeness (QED) is 0.914. The van der Waals surface area contributed by atoms with E-state index in [-0.39, 0.29) is 11.9 Å². The molecule has 1 saturated heterocycles. The van der Waals surface area contributed by atoms with Crippen LogP contribution in [0.15, 0.2) is 4.42 Å². The fraction of sp³-hybridized carbons (Fsp3) is 0.824. The largest absolute Gasteiger partial charge is 0.424 e. The molecule has 0 spiro atoms. The number of aromatic nitrogens is 2. The van der Waals surface area contributed by atoms with E-state index in [9.17, 15) is 4.79 Å². The Balaban J connectivity index is 1.42. The van der Waals surface area contributed by atoms with Crippen molar-refractivity contribution in [3.8, 4) is 0 Å². The molecule has 2 aliphatic rings. The number of nitrogens with zero attached hydrogens (tertiary/aromatic N) is 4. The highest BCUT2D eigenvalue weighted by Gasteiger charge is 2.24. The van der Waals surface area contributed by atoms with Crippen molar-refractivity contribution >= 4 is 6.03 Å². The summed E-state index contributed by atoms with van der Waals surface area (Å²) in [7, 11) is 0. The first-order chi connectivity index (χ1) is 11.6. The molecule has 1 N–H and O–H groups in total. The summed E-state index contributed by atoms with van der Waals surface area (Å²) in [6.45, 7) is 7.95. The third kappa shape index (κ3) is 4.47. The molecule has 0 atom stereocenters. The van der Waals surface area contributed by atoms with Crippen LogP contribution in [0.3, 0.4) is 0 Å². The molecule has 2 amide bonds. The molecule has 0 aromatic carbocycles. The predicted molar refractivity (Wildman–Crippen MR) is 90.6 cm³/mol. The first-order valence-corrected chi connectivity index (χ1v) is 9.22. The van der Waals surface area contributed by atoms with Gasteiger partial charge < -0.3 is 14.6 Å². The summed E-state index contributed by atoms with van der Waals surface area (Å²) in [5.41, 5.74) is 0. The smallest absolute Gasteiger partial charge is 0.317 e. The lowest BCUT2D eigenvalue weighted by Crippen LogP contribution is -2.53. The molecule has 7 nitrogen and oxygen atoms in total. The average molecular weight is 335 g/mol. The molecule has 24 heavy (non-hydrogen) atoms. The Morgan fingerprint density at radius 2 is 1.88 bits per heavy atom. The van der Waals surface area contributed by atoms with Crippen molar-refractivity contribution in [2.75, 3.05) is 26.2 Å². The Morgan fingerprint density at radius 1 is 1.17 bits per heavy atom. The molecule has 1 aliphatic carbocycles. The van der Waals surface area contributed by atoms with Crippen LogP contribution in [0.25, 0.3) is 0 Å². The second kappa shape index (κ2) is 7.96. The first-order valence-electron chi connectivity index (χ1n) is 9.22. The van der Waals surface area contributed by atoms with E-state index in [0.29, 0.717) is 24.4 Å². The van der Waals surface area contributed by atoms with Crippen molar-refractivity contribution in [3.05, 3.63) is 11.8 Å². The van der Waals surface area contributed by atoms with Crippen molar-refractivity contribution in [1.82, 2.24) is 25.3 Å². The molecule has 1 aromatic heterocycles. The van der Waals surface area contributed by atoms with Crippen molar-refractivity contribution in [2.24, 2.45) is 0 Å². The van der Waals surface area contributed by atoms with E-state index in [0.717, 1.165) is 39.0 Å². The van der Waals surface area contributed by atoms with Gasteiger partial charge in [-0.25, -0.2) is 4.79 Å². The standard InChI is InChI=1S/C17H29N5O2/c1-13(2)16-20-19-15(24-16)12-21-8-10-22(11-9-21)17(23)18-14-6-4-3-5-7-14/h13-14H,3-12H2,1-2H3,(H,18,23). The number of hydrogen-bond donors (Lipinski definition) is 1. The number of nitrogens with one attached hydrogen (secondary N) is 1. The molecule has 0 unspecified atom stereocenters. The summed E-state index contributed by atoms with van der Waals surface area (Å²) in [4.78, 5) is 16.6. The zero-order chi connectivity index (χ0) is 16.9. The Morgan fingerprint density at radius 3 is 2.50 bits per heavy atom. The molecule has 3 rings (SSSR count). The van der Waals surface area contributed by atoms with E-state index in [1.54, 1.807) is 0 Å². The lowest BCUT2D eigenvalue weighted by atomic mass is 9.96. The summed E-state index contributed by atoms with van der Waals surface area (Å²) in [5, 5.41) is 11.4. The van der Waals surface area contributed by atoms with E-state index in [4.69, 9.17) is 4.42 Å². The normalized spacial score (nSPS) is 20.5. The van der Waals surface area contributed by atoms with Gasteiger partial charge in [-0.2, -0.15) is 0 Å². The maximum Gasteiger partial charge on any atom is 0.317 e. The highest BCUT2D eigenvalue weighted by Crippen LogP contribution is 2.18. The van der Waals surface area contributed by atoms with Gasteiger partial charge in [0.2, 0.25) is 11.8 Å².